The van der Waals surface area contributed by atoms with Crippen molar-refractivity contribution >= 4 is 28.5 Å². The summed E-state index contributed by atoms with van der Waals surface area (Å²) in [5, 5.41) is 3.59. The number of carbonyl (C=O) groups excluding carboxylic acids is 2. The van der Waals surface area contributed by atoms with E-state index in [0.29, 0.717) is 17.0 Å². The highest BCUT2D eigenvalue weighted by atomic mass is 16.6. The highest BCUT2D eigenvalue weighted by molar-refractivity contribution is 5.95. The minimum atomic E-state index is -0.977. The molecule has 0 aliphatic heterocycles. The summed E-state index contributed by atoms with van der Waals surface area (Å²) in [6.45, 7) is 3.07. The number of amides is 1. The molecular formula is C24H23NO6. The van der Waals surface area contributed by atoms with Crippen LogP contribution in [0.4, 0.5) is 5.69 Å². The maximum atomic E-state index is 12.2. The Balaban J connectivity index is 1.34. The predicted molar refractivity (Wildman–Crippen MR) is 115 cm³/mol. The molecule has 7 nitrogen and oxygen atoms in total. The molecule has 0 radical (unpaired) electrons. The van der Waals surface area contributed by atoms with Gasteiger partial charge in [0.2, 0.25) is 0 Å². The average molecular weight is 421 g/mol. The summed E-state index contributed by atoms with van der Waals surface area (Å²) in [5.74, 6) is -0.733. The third-order valence-corrected chi connectivity index (χ3v) is 5.30. The van der Waals surface area contributed by atoms with E-state index in [0.717, 1.165) is 41.3 Å². The molecule has 0 fully saturated rings. The van der Waals surface area contributed by atoms with Crippen molar-refractivity contribution in [1.29, 1.82) is 0 Å². The van der Waals surface area contributed by atoms with E-state index < -0.39 is 18.0 Å². The predicted octanol–water partition coefficient (Wildman–Crippen LogP) is 3.54. The Morgan fingerprint density at radius 1 is 1.10 bits per heavy atom. The van der Waals surface area contributed by atoms with Crippen LogP contribution in [0.2, 0.25) is 0 Å². The van der Waals surface area contributed by atoms with Crippen LogP contribution in [-0.2, 0) is 27.2 Å². The molecule has 160 valence electrons. The van der Waals surface area contributed by atoms with Gasteiger partial charge in [-0.1, -0.05) is 17.7 Å². The molecule has 1 N–H and O–H groups in total. The van der Waals surface area contributed by atoms with Crippen LogP contribution in [-0.4, -0.2) is 24.6 Å². The highest BCUT2D eigenvalue weighted by Crippen LogP contribution is 2.29. The quantitative estimate of drug-likeness (QED) is 0.483. The number of ether oxygens (including phenoxy) is 2. The zero-order valence-corrected chi connectivity index (χ0v) is 17.4. The van der Waals surface area contributed by atoms with Gasteiger partial charge in [0.15, 0.2) is 12.7 Å². The Kier molecular flexibility index (Phi) is 5.75. The van der Waals surface area contributed by atoms with Crippen LogP contribution in [0.3, 0.4) is 0 Å². The summed E-state index contributed by atoms with van der Waals surface area (Å²) in [5.41, 5.74) is 3.60. The molecule has 0 saturated heterocycles. The minimum Gasteiger partial charge on any atom is -0.482 e. The number of anilines is 1. The Labute approximate surface area is 179 Å². The van der Waals surface area contributed by atoms with E-state index in [1.54, 1.807) is 24.3 Å². The summed E-state index contributed by atoms with van der Waals surface area (Å²) in [4.78, 5) is 36.4. The maximum Gasteiger partial charge on any atom is 0.344 e. The molecule has 1 aliphatic rings. The molecule has 0 unspecified atom stereocenters. The van der Waals surface area contributed by atoms with Gasteiger partial charge in [-0.3, -0.25) is 4.79 Å². The van der Waals surface area contributed by atoms with E-state index in [1.807, 2.05) is 25.1 Å². The molecular weight excluding hydrogens is 398 g/mol. The summed E-state index contributed by atoms with van der Waals surface area (Å²) >= 11 is 0. The van der Waals surface area contributed by atoms with Crippen LogP contribution >= 0.6 is 0 Å². The first-order valence-corrected chi connectivity index (χ1v) is 10.2. The van der Waals surface area contributed by atoms with Crippen LogP contribution in [0, 0.1) is 6.92 Å². The lowest BCUT2D eigenvalue weighted by molar-refractivity contribution is -0.155. The van der Waals surface area contributed by atoms with Crippen LogP contribution < -0.4 is 15.7 Å². The fourth-order valence-corrected chi connectivity index (χ4v) is 3.66. The molecule has 4 rings (SSSR count). The van der Waals surface area contributed by atoms with Crippen molar-refractivity contribution in [2.45, 2.75) is 39.2 Å². The van der Waals surface area contributed by atoms with Gasteiger partial charge in [-0.15, -0.1) is 0 Å². The fourth-order valence-electron chi connectivity index (χ4n) is 3.66. The van der Waals surface area contributed by atoms with E-state index in [9.17, 15) is 14.4 Å². The van der Waals surface area contributed by atoms with Gasteiger partial charge in [-0.05, 0) is 62.9 Å². The largest absolute Gasteiger partial charge is 0.482 e. The van der Waals surface area contributed by atoms with Gasteiger partial charge in [-0.2, -0.15) is 0 Å². The summed E-state index contributed by atoms with van der Waals surface area (Å²) in [6.07, 6.45) is 1.56. The van der Waals surface area contributed by atoms with Gasteiger partial charge in [-0.25, -0.2) is 9.59 Å². The van der Waals surface area contributed by atoms with Gasteiger partial charge in [0.05, 0.1) is 0 Å². The second-order valence-electron chi connectivity index (χ2n) is 7.63. The molecule has 0 bridgehead atoms. The monoisotopic (exact) mass is 421 g/mol. The molecule has 1 amide bonds. The molecule has 1 aliphatic carbocycles. The van der Waals surface area contributed by atoms with Crippen molar-refractivity contribution in [1.82, 2.24) is 0 Å². The Hall–Kier alpha value is -3.61. The molecule has 0 spiro atoms. The number of hydrogen-bond donors (Lipinski definition) is 1. The first-order valence-electron chi connectivity index (χ1n) is 10.2. The molecule has 1 aromatic heterocycles. The van der Waals surface area contributed by atoms with E-state index in [1.165, 1.54) is 6.92 Å². The van der Waals surface area contributed by atoms with E-state index in [4.69, 9.17) is 13.9 Å². The maximum absolute atomic E-state index is 12.2. The van der Waals surface area contributed by atoms with E-state index >= 15 is 0 Å². The van der Waals surface area contributed by atoms with Gasteiger partial charge in [0.25, 0.3) is 5.91 Å². The highest BCUT2D eigenvalue weighted by Gasteiger charge is 2.21. The Bertz CT molecular complexity index is 1200. The minimum absolute atomic E-state index is 0.315. The van der Waals surface area contributed by atoms with Gasteiger partial charge >= 0.3 is 11.6 Å². The van der Waals surface area contributed by atoms with Crippen molar-refractivity contribution in [2.75, 3.05) is 11.9 Å². The first kappa shape index (κ1) is 20.7. The van der Waals surface area contributed by atoms with Gasteiger partial charge < -0.3 is 19.2 Å². The average Bonchev–Trinajstić information content (AvgIpc) is 3.24. The van der Waals surface area contributed by atoms with E-state index in [2.05, 4.69) is 5.32 Å². The lowest BCUT2D eigenvalue weighted by Crippen LogP contribution is -2.31. The number of nitrogens with one attached hydrogen (secondary N) is 1. The molecule has 1 heterocycles. The van der Waals surface area contributed by atoms with Crippen LogP contribution in [0.1, 0.15) is 30.0 Å². The second-order valence-corrected chi connectivity index (χ2v) is 7.63. The third kappa shape index (κ3) is 4.60. The van der Waals surface area contributed by atoms with Crippen LogP contribution in [0.5, 0.6) is 5.75 Å². The summed E-state index contributed by atoms with van der Waals surface area (Å²) in [7, 11) is 0. The second kappa shape index (κ2) is 8.63. The lowest BCUT2D eigenvalue weighted by Gasteiger charge is -2.14. The van der Waals surface area contributed by atoms with Gasteiger partial charge in [0.1, 0.15) is 11.3 Å². The van der Waals surface area contributed by atoms with Gasteiger partial charge in [0, 0.05) is 22.7 Å². The summed E-state index contributed by atoms with van der Waals surface area (Å²) < 4.78 is 16.0. The Morgan fingerprint density at radius 3 is 2.61 bits per heavy atom. The molecule has 0 saturated carbocycles. The SMILES string of the molecule is Cc1ccc(NC(=O)[C@H](C)OC(=O)COc2ccc3c4c(c(=O)oc3c2)CCC4)cc1. The van der Waals surface area contributed by atoms with E-state index in [-0.39, 0.29) is 12.2 Å². The number of esters is 1. The van der Waals surface area contributed by atoms with Crippen LogP contribution in [0.15, 0.2) is 51.7 Å². The molecule has 31 heavy (non-hydrogen) atoms. The van der Waals surface area contributed by atoms with Crippen molar-refractivity contribution in [2.24, 2.45) is 0 Å². The standard InChI is InChI=1S/C24H23NO6/c1-14-6-8-16(9-7-14)25-23(27)15(2)30-22(26)13-29-17-10-11-19-18-4-3-5-20(18)24(28)31-21(19)12-17/h6-12,15H,3-5,13H2,1-2H3,(H,25,27)/t15-/m0/s1. The fraction of sp³-hybridized carbons (Fsp3) is 0.292. The number of benzene rings is 2. The third-order valence-electron chi connectivity index (χ3n) is 5.30. The van der Waals surface area contributed by atoms with Crippen molar-refractivity contribution in [3.63, 3.8) is 0 Å². The van der Waals surface area contributed by atoms with Crippen molar-refractivity contribution in [3.8, 4) is 5.75 Å². The Morgan fingerprint density at radius 2 is 1.84 bits per heavy atom. The lowest BCUT2D eigenvalue weighted by atomic mass is 10.1. The molecule has 7 heteroatoms. The first-order chi connectivity index (χ1) is 14.9. The zero-order valence-electron chi connectivity index (χ0n) is 17.4. The molecule has 2 aromatic carbocycles. The number of carbonyl (C=O) groups is 2. The molecule has 3 aromatic rings. The van der Waals surface area contributed by atoms with Crippen molar-refractivity contribution < 1.29 is 23.5 Å². The number of fused-ring (bicyclic) bond motifs is 3. The topological polar surface area (TPSA) is 94.8 Å². The van der Waals surface area contributed by atoms with Crippen LogP contribution in [0.25, 0.3) is 11.0 Å². The number of aryl methyl sites for hydroxylation is 2. The smallest absolute Gasteiger partial charge is 0.344 e. The number of hydrogen-bond acceptors (Lipinski definition) is 6. The summed E-state index contributed by atoms with van der Waals surface area (Å²) in [6, 6.07) is 12.5. The molecule has 1 atom stereocenters. The number of rotatable bonds is 6. The van der Waals surface area contributed by atoms with Crippen molar-refractivity contribution in [3.05, 3.63) is 69.6 Å². The normalized spacial score (nSPS) is 13.5. The zero-order chi connectivity index (χ0) is 22.0.